The lowest BCUT2D eigenvalue weighted by Crippen LogP contribution is -2.49. The fourth-order valence-corrected chi connectivity index (χ4v) is 5.35. The second-order valence-corrected chi connectivity index (χ2v) is 9.20. The Morgan fingerprint density at radius 1 is 1.15 bits per heavy atom. The van der Waals surface area contributed by atoms with Crippen LogP contribution in [0.1, 0.15) is 18.3 Å². The van der Waals surface area contributed by atoms with E-state index in [1.54, 1.807) is 0 Å². The van der Waals surface area contributed by atoms with Crippen LogP contribution >= 0.6 is 11.3 Å². The molecule has 0 aromatic carbocycles. The quantitative estimate of drug-likeness (QED) is 0.822. The van der Waals surface area contributed by atoms with Gasteiger partial charge in [0.25, 0.3) is 10.0 Å². The Bertz CT molecular complexity index is 899. The van der Waals surface area contributed by atoms with E-state index in [9.17, 15) is 13.2 Å². The van der Waals surface area contributed by atoms with Gasteiger partial charge < -0.3 is 10.2 Å². The number of amides is 1. The van der Waals surface area contributed by atoms with Crippen LogP contribution in [0.25, 0.3) is 0 Å². The van der Waals surface area contributed by atoms with Gasteiger partial charge in [-0.3, -0.25) is 4.79 Å². The van der Waals surface area contributed by atoms with Crippen LogP contribution in [-0.2, 0) is 14.8 Å². The summed E-state index contributed by atoms with van der Waals surface area (Å²) >= 11 is 0.952. The molecule has 9 nitrogen and oxygen atoms in total. The molecule has 1 aliphatic rings. The Hall–Kier alpha value is -2.11. The smallest absolute Gasteiger partial charge is 0.254 e. The number of carbonyl (C=O) groups excluding carboxylic acids is 1. The molecule has 1 fully saturated rings. The molecule has 0 radical (unpaired) electrons. The number of sulfonamides is 1. The molecule has 2 aromatic rings. The van der Waals surface area contributed by atoms with Crippen LogP contribution in [0.3, 0.4) is 0 Å². The van der Waals surface area contributed by atoms with E-state index in [-0.39, 0.29) is 15.2 Å². The van der Waals surface area contributed by atoms with E-state index in [1.807, 2.05) is 24.8 Å². The standard InChI is InChI=1S/C15H20N6O3S2/c1-10-8-11(2)18-14(17-10)20-4-6-21(7-5-20)26(23,24)13-9-16-15(25-13)19-12(3)22/h8-9H,4-7H2,1-3H3,(H,16,19,22). The molecule has 1 N–H and O–H groups in total. The van der Waals surface area contributed by atoms with E-state index >= 15 is 0 Å². The van der Waals surface area contributed by atoms with E-state index in [4.69, 9.17) is 0 Å². The molecule has 140 valence electrons. The third-order valence-corrected chi connectivity index (χ3v) is 7.10. The average molecular weight is 396 g/mol. The van der Waals surface area contributed by atoms with Crippen molar-refractivity contribution in [3.63, 3.8) is 0 Å². The van der Waals surface area contributed by atoms with Gasteiger partial charge in [-0.25, -0.2) is 23.4 Å². The number of hydrogen-bond donors (Lipinski definition) is 1. The maximum absolute atomic E-state index is 12.8. The fourth-order valence-electron chi connectivity index (χ4n) is 2.69. The van der Waals surface area contributed by atoms with Crippen molar-refractivity contribution in [1.82, 2.24) is 19.3 Å². The summed E-state index contributed by atoms with van der Waals surface area (Å²) in [5, 5.41) is 2.78. The normalized spacial score (nSPS) is 15.9. The highest BCUT2D eigenvalue weighted by Crippen LogP contribution is 2.27. The van der Waals surface area contributed by atoms with Gasteiger partial charge in [0.1, 0.15) is 0 Å². The molecule has 26 heavy (non-hydrogen) atoms. The first-order valence-electron chi connectivity index (χ1n) is 8.06. The van der Waals surface area contributed by atoms with Gasteiger partial charge in [-0.1, -0.05) is 11.3 Å². The number of aryl methyl sites for hydroxylation is 2. The lowest BCUT2D eigenvalue weighted by Gasteiger charge is -2.33. The van der Waals surface area contributed by atoms with Crippen LogP contribution in [0.4, 0.5) is 11.1 Å². The number of hydrogen-bond acceptors (Lipinski definition) is 8. The zero-order valence-corrected chi connectivity index (χ0v) is 16.4. The second-order valence-electron chi connectivity index (χ2n) is 6.01. The third kappa shape index (κ3) is 4.00. The van der Waals surface area contributed by atoms with Crippen molar-refractivity contribution in [3.8, 4) is 0 Å². The molecular weight excluding hydrogens is 376 g/mol. The van der Waals surface area contributed by atoms with Gasteiger partial charge in [-0.15, -0.1) is 0 Å². The van der Waals surface area contributed by atoms with Gasteiger partial charge in [-0.2, -0.15) is 4.31 Å². The molecule has 2 aromatic heterocycles. The maximum atomic E-state index is 12.8. The van der Waals surface area contributed by atoms with Crippen LogP contribution in [0.2, 0.25) is 0 Å². The summed E-state index contributed by atoms with van der Waals surface area (Å²) in [4.78, 5) is 25.9. The summed E-state index contributed by atoms with van der Waals surface area (Å²) in [6, 6.07) is 1.90. The molecule has 0 spiro atoms. The second kappa shape index (κ2) is 7.25. The average Bonchev–Trinajstić information content (AvgIpc) is 3.02. The number of thiazole rings is 1. The van der Waals surface area contributed by atoms with Gasteiger partial charge in [-0.05, 0) is 19.9 Å². The minimum Gasteiger partial charge on any atom is -0.338 e. The summed E-state index contributed by atoms with van der Waals surface area (Å²) in [7, 11) is -3.63. The zero-order chi connectivity index (χ0) is 18.9. The van der Waals surface area contributed by atoms with E-state index in [0.717, 1.165) is 22.7 Å². The molecule has 3 rings (SSSR count). The SMILES string of the molecule is CC(=O)Nc1ncc(S(=O)(=O)N2CCN(c3nc(C)cc(C)n3)CC2)s1. The van der Waals surface area contributed by atoms with Crippen LogP contribution in [0.5, 0.6) is 0 Å². The van der Waals surface area contributed by atoms with Crippen molar-refractivity contribution in [1.29, 1.82) is 0 Å². The van der Waals surface area contributed by atoms with Crippen molar-refractivity contribution >= 4 is 38.3 Å². The summed E-state index contributed by atoms with van der Waals surface area (Å²) < 4.78 is 27.1. The third-order valence-electron chi connectivity index (χ3n) is 3.85. The van der Waals surface area contributed by atoms with Crippen LogP contribution in [0.15, 0.2) is 16.5 Å². The summed E-state index contributed by atoms with van der Waals surface area (Å²) in [5.41, 5.74) is 1.77. The molecule has 11 heteroatoms. The van der Waals surface area contributed by atoms with Crippen LogP contribution in [-0.4, -0.2) is 59.8 Å². The first-order chi connectivity index (χ1) is 12.3. The Labute approximate surface area is 156 Å². The molecule has 0 atom stereocenters. The zero-order valence-electron chi connectivity index (χ0n) is 14.8. The monoisotopic (exact) mass is 396 g/mol. The molecular formula is C15H20N6O3S2. The highest BCUT2D eigenvalue weighted by Gasteiger charge is 2.31. The lowest BCUT2D eigenvalue weighted by molar-refractivity contribution is -0.114. The van der Waals surface area contributed by atoms with E-state index in [2.05, 4.69) is 20.3 Å². The van der Waals surface area contributed by atoms with E-state index < -0.39 is 10.0 Å². The number of carbonyl (C=O) groups is 1. The predicted molar refractivity (Wildman–Crippen MR) is 98.9 cm³/mol. The number of piperazine rings is 1. The van der Waals surface area contributed by atoms with Crippen molar-refractivity contribution in [2.24, 2.45) is 0 Å². The first-order valence-corrected chi connectivity index (χ1v) is 10.3. The predicted octanol–water partition coefficient (Wildman–Crippen LogP) is 1.02. The summed E-state index contributed by atoms with van der Waals surface area (Å²) in [6.45, 7) is 6.88. The minimum absolute atomic E-state index is 0.123. The fraction of sp³-hybridized carbons (Fsp3) is 0.467. The number of nitrogens with one attached hydrogen (secondary N) is 1. The minimum atomic E-state index is -3.63. The van der Waals surface area contributed by atoms with Gasteiger partial charge >= 0.3 is 0 Å². The summed E-state index contributed by atoms with van der Waals surface area (Å²) in [6.07, 6.45) is 1.28. The molecule has 0 unspecified atom stereocenters. The van der Waals surface area contributed by atoms with Crippen LogP contribution < -0.4 is 10.2 Å². The van der Waals surface area contributed by atoms with Crippen LogP contribution in [0, 0.1) is 13.8 Å². The topological polar surface area (TPSA) is 108 Å². The van der Waals surface area contributed by atoms with Crippen molar-refractivity contribution in [3.05, 3.63) is 23.7 Å². The largest absolute Gasteiger partial charge is 0.338 e. The lowest BCUT2D eigenvalue weighted by atomic mass is 10.3. The maximum Gasteiger partial charge on any atom is 0.254 e. The van der Waals surface area contributed by atoms with E-state index in [0.29, 0.717) is 32.1 Å². The molecule has 0 bridgehead atoms. The number of aromatic nitrogens is 3. The Balaban J connectivity index is 1.70. The summed E-state index contributed by atoms with van der Waals surface area (Å²) in [5.74, 6) is 0.343. The number of nitrogens with zero attached hydrogens (tertiary/aromatic N) is 5. The van der Waals surface area contributed by atoms with Gasteiger partial charge in [0.2, 0.25) is 11.9 Å². The van der Waals surface area contributed by atoms with Crippen molar-refractivity contribution in [2.75, 3.05) is 36.4 Å². The number of rotatable bonds is 4. The van der Waals surface area contributed by atoms with Crippen molar-refractivity contribution < 1.29 is 13.2 Å². The number of anilines is 2. The Morgan fingerprint density at radius 2 is 1.77 bits per heavy atom. The van der Waals surface area contributed by atoms with Gasteiger partial charge in [0, 0.05) is 44.5 Å². The molecule has 3 heterocycles. The van der Waals surface area contributed by atoms with Crippen molar-refractivity contribution in [2.45, 2.75) is 25.0 Å². The molecule has 1 amide bonds. The molecule has 0 aliphatic carbocycles. The highest BCUT2D eigenvalue weighted by molar-refractivity contribution is 7.91. The van der Waals surface area contributed by atoms with Gasteiger partial charge in [0.05, 0.1) is 6.20 Å². The molecule has 1 aliphatic heterocycles. The Kier molecular flexibility index (Phi) is 5.21. The van der Waals surface area contributed by atoms with E-state index in [1.165, 1.54) is 17.4 Å². The highest BCUT2D eigenvalue weighted by atomic mass is 32.2. The molecule has 0 saturated carbocycles. The molecule has 1 saturated heterocycles. The first kappa shape index (κ1) is 18.7. The van der Waals surface area contributed by atoms with Gasteiger partial charge in [0.15, 0.2) is 9.34 Å². The Morgan fingerprint density at radius 3 is 2.35 bits per heavy atom.